The van der Waals surface area contributed by atoms with Gasteiger partial charge >= 0.3 is 0 Å². The van der Waals surface area contributed by atoms with Crippen molar-refractivity contribution in [3.05, 3.63) is 131 Å². The molecule has 7 aliphatic rings. The van der Waals surface area contributed by atoms with E-state index in [1.54, 1.807) is 6.07 Å². The number of fused-ring (bicyclic) bond motifs is 5. The third kappa shape index (κ3) is 6.62. The molecule has 0 radical (unpaired) electrons. The van der Waals surface area contributed by atoms with Gasteiger partial charge in [-0.05, 0) is 126 Å². The summed E-state index contributed by atoms with van der Waals surface area (Å²) in [6.07, 6.45) is 8.11. The van der Waals surface area contributed by atoms with E-state index in [0.717, 1.165) is 75.0 Å². The first-order valence-corrected chi connectivity index (χ1v) is 22.2. The molecule has 5 aliphatic heterocycles. The summed E-state index contributed by atoms with van der Waals surface area (Å²) in [6, 6.07) is 30.2. The smallest absolute Gasteiger partial charge is 0.255 e. The second-order valence-electron chi connectivity index (χ2n) is 18.8. The van der Waals surface area contributed by atoms with Gasteiger partial charge in [0.05, 0.1) is 17.8 Å². The number of piperidine rings is 2. The highest BCUT2D eigenvalue weighted by molar-refractivity contribution is 6.00. The fourth-order valence-corrected chi connectivity index (χ4v) is 12.3. The van der Waals surface area contributed by atoms with Gasteiger partial charge in [-0.15, -0.1) is 0 Å². The van der Waals surface area contributed by atoms with Crippen molar-refractivity contribution in [3.8, 4) is 11.5 Å². The molecule has 2 aliphatic carbocycles. The second-order valence-corrected chi connectivity index (χ2v) is 18.8. The summed E-state index contributed by atoms with van der Waals surface area (Å²) in [7, 11) is 0. The van der Waals surface area contributed by atoms with Gasteiger partial charge in [-0.1, -0.05) is 55.1 Å². The molecular weight excluding hydrogens is 754 g/mol. The van der Waals surface area contributed by atoms with Crippen LogP contribution in [-0.2, 0) is 17.8 Å². The van der Waals surface area contributed by atoms with Crippen molar-refractivity contribution in [2.24, 2.45) is 11.3 Å². The largest absolute Gasteiger partial charge is 0.489 e. The molecule has 5 heterocycles. The number of anilines is 2. The first kappa shape index (κ1) is 37.6. The van der Waals surface area contributed by atoms with Crippen molar-refractivity contribution in [2.75, 3.05) is 55.7 Å². The number of aryl methyl sites for hydroxylation is 1. The quantitative estimate of drug-likeness (QED) is 0.202. The van der Waals surface area contributed by atoms with Crippen LogP contribution in [-0.4, -0.2) is 79.6 Å². The lowest BCUT2D eigenvalue weighted by Gasteiger charge is -2.54. The van der Waals surface area contributed by atoms with Crippen LogP contribution in [0.4, 0.5) is 15.9 Å². The Balaban J connectivity index is 0.688. The van der Waals surface area contributed by atoms with Crippen LogP contribution >= 0.6 is 0 Å². The molecule has 1 spiro atoms. The van der Waals surface area contributed by atoms with E-state index in [1.165, 1.54) is 53.6 Å². The number of halogens is 1. The normalized spacial score (nSPS) is 26.1. The minimum Gasteiger partial charge on any atom is -0.489 e. The third-order valence-corrected chi connectivity index (χ3v) is 15.3. The SMILES string of the molecule is C=C1NC(=O)CCC1N1Cc2cc3c(cc2C1=O)OC[C@@H]1CN(CC2CC4(CCN(c5ccc([C@@H]6c7ccc(OF)cc7CC[C@@H]6c6ccccc6)cc5)CC4)C2)CCN31. The standard InChI is InChI=1S/C50H54FN5O4/c1-32-44(15-16-47(57)52-32)56-29-37-24-45-46(25-43(37)49(56)58)59-31-39-30-53(21-22-55(39)45)28-33-26-50(27-33)17-19-54(20-18-50)38-10-7-35(8-11-38)48-41(34-5-3-2-4-6-34)13-9-36-23-40(60-51)12-14-42(36)48/h2-8,10-12,14,23-25,33,39,41,44,48H,1,9,13,15-22,26-31H2,(H,52,57)/t39-,41+,44?,48-/m0/s1. The molecule has 0 aromatic heterocycles. The number of ether oxygens (including phenoxy) is 1. The van der Waals surface area contributed by atoms with Crippen LogP contribution < -0.4 is 24.8 Å². The molecule has 60 heavy (non-hydrogen) atoms. The van der Waals surface area contributed by atoms with Crippen LogP contribution in [0.15, 0.2) is 97.2 Å². The maximum Gasteiger partial charge on any atom is 0.255 e. The zero-order valence-electron chi connectivity index (χ0n) is 34.3. The van der Waals surface area contributed by atoms with E-state index in [4.69, 9.17) is 4.74 Å². The number of carbonyl (C=O) groups excluding carboxylic acids is 2. The molecule has 1 saturated carbocycles. The highest BCUT2D eigenvalue weighted by Gasteiger charge is 2.47. The molecule has 1 N–H and O–H groups in total. The molecule has 4 fully saturated rings. The second kappa shape index (κ2) is 15.0. The molecule has 3 saturated heterocycles. The number of carbonyl (C=O) groups is 2. The lowest BCUT2D eigenvalue weighted by atomic mass is 9.57. The predicted molar refractivity (Wildman–Crippen MR) is 230 cm³/mol. The Morgan fingerprint density at radius 3 is 2.45 bits per heavy atom. The number of rotatable bonds is 7. The summed E-state index contributed by atoms with van der Waals surface area (Å²) in [5, 5.41) is 2.84. The molecule has 1 unspecified atom stereocenters. The summed E-state index contributed by atoms with van der Waals surface area (Å²) in [5.41, 5.74) is 10.4. The summed E-state index contributed by atoms with van der Waals surface area (Å²) in [5.74, 6) is 2.38. The topological polar surface area (TPSA) is 77.6 Å². The van der Waals surface area contributed by atoms with E-state index < -0.39 is 0 Å². The Kier molecular flexibility index (Phi) is 9.39. The average Bonchev–Trinajstić information content (AvgIpc) is 3.59. The molecule has 310 valence electrons. The first-order chi connectivity index (χ1) is 29.3. The maximum atomic E-state index is 13.5. The third-order valence-electron chi connectivity index (χ3n) is 15.3. The number of nitrogens with one attached hydrogen (secondary N) is 1. The Morgan fingerprint density at radius 1 is 0.850 bits per heavy atom. The fourth-order valence-electron chi connectivity index (χ4n) is 12.3. The van der Waals surface area contributed by atoms with Crippen molar-refractivity contribution < 1.29 is 23.8 Å². The molecule has 10 heteroatoms. The maximum absolute atomic E-state index is 13.5. The van der Waals surface area contributed by atoms with E-state index in [1.807, 2.05) is 17.0 Å². The summed E-state index contributed by atoms with van der Waals surface area (Å²) in [6.45, 7) is 11.6. The number of hydrogen-bond acceptors (Lipinski definition) is 7. The van der Waals surface area contributed by atoms with Crippen molar-refractivity contribution in [2.45, 2.75) is 81.8 Å². The molecule has 0 bridgehead atoms. The molecule has 4 aromatic carbocycles. The van der Waals surface area contributed by atoms with Gasteiger partial charge < -0.3 is 24.8 Å². The van der Waals surface area contributed by atoms with Crippen LogP contribution in [0.3, 0.4) is 0 Å². The van der Waals surface area contributed by atoms with Crippen molar-refractivity contribution in [1.29, 1.82) is 0 Å². The van der Waals surface area contributed by atoms with Crippen LogP contribution in [0.1, 0.15) is 95.0 Å². The van der Waals surface area contributed by atoms with Gasteiger partial charge in [0, 0.05) is 79.6 Å². The minimum absolute atomic E-state index is 0.00409. The van der Waals surface area contributed by atoms with Crippen LogP contribution in [0.25, 0.3) is 0 Å². The van der Waals surface area contributed by atoms with Crippen molar-refractivity contribution >= 4 is 23.2 Å². The number of benzene rings is 4. The summed E-state index contributed by atoms with van der Waals surface area (Å²) >= 11 is 0. The van der Waals surface area contributed by atoms with Gasteiger partial charge in [-0.25, -0.2) is 0 Å². The van der Waals surface area contributed by atoms with Crippen molar-refractivity contribution in [1.82, 2.24) is 15.1 Å². The van der Waals surface area contributed by atoms with E-state index >= 15 is 0 Å². The number of nitrogens with zero attached hydrogens (tertiary/aromatic N) is 4. The van der Waals surface area contributed by atoms with E-state index in [0.29, 0.717) is 54.6 Å². The van der Waals surface area contributed by atoms with Gasteiger partial charge in [0.15, 0.2) is 5.75 Å². The van der Waals surface area contributed by atoms with E-state index in [-0.39, 0.29) is 29.5 Å². The fraction of sp³-hybridized carbons (Fsp3) is 0.440. The van der Waals surface area contributed by atoms with Gasteiger partial charge in [0.25, 0.3) is 5.91 Å². The molecule has 11 rings (SSSR count). The number of hydrogen-bond donors (Lipinski definition) is 1. The molecular formula is C50H54FN5O4. The van der Waals surface area contributed by atoms with Gasteiger partial charge in [-0.2, -0.15) is 0 Å². The van der Waals surface area contributed by atoms with Crippen LogP contribution in [0.5, 0.6) is 11.5 Å². The first-order valence-electron chi connectivity index (χ1n) is 22.2. The average molecular weight is 808 g/mol. The van der Waals surface area contributed by atoms with Gasteiger partial charge in [-0.3, -0.25) is 19.4 Å². The highest BCUT2D eigenvalue weighted by atomic mass is 19.3. The lowest BCUT2D eigenvalue weighted by molar-refractivity contribution is -0.121. The Labute approximate surface area is 352 Å². The van der Waals surface area contributed by atoms with Gasteiger partial charge in [0.2, 0.25) is 5.91 Å². The molecule has 9 nitrogen and oxygen atoms in total. The Hall–Kier alpha value is -5.35. The molecule has 4 aromatic rings. The number of amides is 2. The van der Waals surface area contributed by atoms with Gasteiger partial charge in [0.1, 0.15) is 12.4 Å². The zero-order chi connectivity index (χ0) is 40.5. The molecule has 4 atom stereocenters. The Bertz CT molecular complexity index is 2320. The van der Waals surface area contributed by atoms with Crippen LogP contribution in [0, 0.1) is 11.3 Å². The molecule has 2 amide bonds. The Morgan fingerprint density at radius 2 is 1.67 bits per heavy atom. The number of piperazine rings is 1. The highest BCUT2D eigenvalue weighted by Crippen LogP contribution is 2.54. The summed E-state index contributed by atoms with van der Waals surface area (Å²) in [4.78, 5) is 39.1. The summed E-state index contributed by atoms with van der Waals surface area (Å²) < 4.78 is 19.5. The monoisotopic (exact) mass is 807 g/mol. The van der Waals surface area contributed by atoms with Crippen molar-refractivity contribution in [3.63, 3.8) is 0 Å². The van der Waals surface area contributed by atoms with E-state index in [9.17, 15) is 14.1 Å². The predicted octanol–water partition coefficient (Wildman–Crippen LogP) is 8.14. The van der Waals surface area contributed by atoms with E-state index in [2.05, 4.69) is 98.3 Å². The van der Waals surface area contributed by atoms with Crippen LogP contribution in [0.2, 0.25) is 0 Å². The zero-order valence-corrected chi connectivity index (χ0v) is 34.3. The lowest BCUT2D eigenvalue weighted by Crippen LogP contribution is -2.59. The minimum atomic E-state index is -0.176.